The summed E-state index contributed by atoms with van der Waals surface area (Å²) in [5.41, 5.74) is 0.289. The fraction of sp³-hybridized carbons (Fsp3) is 0.438. The Labute approximate surface area is 122 Å². The van der Waals surface area contributed by atoms with Crippen LogP contribution < -0.4 is 4.90 Å². The molecule has 1 saturated carbocycles. The molecule has 0 radical (unpaired) electrons. The van der Waals surface area contributed by atoms with Crippen molar-refractivity contribution >= 4 is 23.5 Å². The first-order chi connectivity index (χ1) is 9.96. The fourth-order valence-electron chi connectivity index (χ4n) is 3.59. The summed E-state index contributed by atoms with van der Waals surface area (Å²) in [5.74, 6) is -1.62. The largest absolute Gasteiger partial charge is 0.478 e. The third kappa shape index (κ3) is 1.95. The average Bonchev–Trinajstić information content (AvgIpc) is 2.98. The number of hydrogen-bond donors (Lipinski definition) is 1. The molecule has 0 aromatic heterocycles. The van der Waals surface area contributed by atoms with Crippen LogP contribution in [0.4, 0.5) is 5.69 Å². The maximum atomic E-state index is 12.8. The molecule has 1 aromatic carbocycles. The Morgan fingerprint density at radius 3 is 2.52 bits per heavy atom. The molecule has 5 nitrogen and oxygen atoms in total. The Morgan fingerprint density at radius 1 is 1.24 bits per heavy atom. The van der Waals surface area contributed by atoms with E-state index in [4.69, 9.17) is 0 Å². The van der Waals surface area contributed by atoms with Crippen LogP contribution in [-0.2, 0) is 9.59 Å². The zero-order valence-corrected chi connectivity index (χ0v) is 11.9. The minimum atomic E-state index is -1.12. The van der Waals surface area contributed by atoms with Gasteiger partial charge < -0.3 is 5.11 Å². The van der Waals surface area contributed by atoms with Gasteiger partial charge in [-0.2, -0.15) is 0 Å². The summed E-state index contributed by atoms with van der Waals surface area (Å²) in [5, 5.41) is 9.33. The molecule has 110 valence electrons. The van der Waals surface area contributed by atoms with Crippen LogP contribution in [0.15, 0.2) is 18.2 Å². The number of aromatic carboxylic acids is 1. The SMILES string of the molecule is Cc1cccc(C(=O)O)c1N1C(=O)CC2(CCCC2)C1=O. The number of carbonyl (C=O) groups is 3. The predicted octanol–water partition coefficient (Wildman–Crippen LogP) is 2.52. The Morgan fingerprint density at radius 2 is 1.90 bits per heavy atom. The summed E-state index contributed by atoms with van der Waals surface area (Å²) in [6.07, 6.45) is 3.56. The maximum absolute atomic E-state index is 12.8. The lowest BCUT2D eigenvalue weighted by atomic mass is 9.84. The molecule has 1 aliphatic heterocycles. The van der Waals surface area contributed by atoms with Gasteiger partial charge in [0.15, 0.2) is 0 Å². The molecule has 21 heavy (non-hydrogen) atoms. The smallest absolute Gasteiger partial charge is 0.337 e. The van der Waals surface area contributed by atoms with Crippen LogP contribution in [0, 0.1) is 12.3 Å². The van der Waals surface area contributed by atoms with Gasteiger partial charge >= 0.3 is 5.97 Å². The van der Waals surface area contributed by atoms with Crippen molar-refractivity contribution in [3.63, 3.8) is 0 Å². The number of anilines is 1. The van der Waals surface area contributed by atoms with E-state index in [9.17, 15) is 19.5 Å². The molecule has 2 aliphatic rings. The summed E-state index contributed by atoms with van der Waals surface area (Å²) in [4.78, 5) is 37.7. The van der Waals surface area contributed by atoms with Crippen molar-refractivity contribution in [2.45, 2.75) is 39.0 Å². The van der Waals surface area contributed by atoms with Crippen LogP contribution in [0.2, 0.25) is 0 Å². The highest BCUT2D eigenvalue weighted by molar-refractivity contribution is 6.24. The number of imide groups is 1. The van der Waals surface area contributed by atoms with E-state index in [0.717, 1.165) is 30.6 Å². The third-order valence-electron chi connectivity index (χ3n) is 4.65. The molecule has 0 unspecified atom stereocenters. The summed E-state index contributed by atoms with van der Waals surface area (Å²) in [7, 11) is 0. The van der Waals surface area contributed by atoms with Gasteiger partial charge in [0, 0.05) is 6.42 Å². The van der Waals surface area contributed by atoms with Crippen LogP contribution in [0.25, 0.3) is 0 Å². The summed E-state index contributed by atoms with van der Waals surface area (Å²) in [6.45, 7) is 1.72. The molecule has 1 spiro atoms. The van der Waals surface area contributed by atoms with Gasteiger partial charge in [-0.1, -0.05) is 25.0 Å². The molecule has 2 amide bonds. The predicted molar refractivity (Wildman–Crippen MR) is 76.1 cm³/mol. The highest BCUT2D eigenvalue weighted by Gasteiger charge is 2.53. The number of benzene rings is 1. The van der Waals surface area contributed by atoms with Crippen LogP contribution in [0.3, 0.4) is 0 Å². The molecular weight excluding hydrogens is 270 g/mol. The van der Waals surface area contributed by atoms with Gasteiger partial charge in [-0.3, -0.25) is 9.59 Å². The Balaban J connectivity index is 2.11. The van der Waals surface area contributed by atoms with Gasteiger partial charge in [-0.05, 0) is 31.4 Å². The zero-order valence-electron chi connectivity index (χ0n) is 11.9. The molecule has 0 bridgehead atoms. The molecule has 1 N–H and O–H groups in total. The second-order valence-corrected chi connectivity index (χ2v) is 5.97. The van der Waals surface area contributed by atoms with Crippen molar-refractivity contribution < 1.29 is 19.5 Å². The Bertz CT molecular complexity index is 644. The third-order valence-corrected chi connectivity index (χ3v) is 4.65. The monoisotopic (exact) mass is 287 g/mol. The Hall–Kier alpha value is -2.17. The van der Waals surface area contributed by atoms with Crippen LogP contribution in [-0.4, -0.2) is 22.9 Å². The van der Waals surface area contributed by atoms with E-state index >= 15 is 0 Å². The number of amides is 2. The highest BCUT2D eigenvalue weighted by atomic mass is 16.4. The number of para-hydroxylation sites is 1. The minimum Gasteiger partial charge on any atom is -0.478 e. The average molecular weight is 287 g/mol. The van der Waals surface area contributed by atoms with Crippen molar-refractivity contribution in [1.29, 1.82) is 0 Å². The molecule has 1 saturated heterocycles. The first-order valence-corrected chi connectivity index (χ1v) is 7.17. The van der Waals surface area contributed by atoms with E-state index in [-0.39, 0.29) is 29.5 Å². The van der Waals surface area contributed by atoms with Crippen molar-refractivity contribution in [3.8, 4) is 0 Å². The molecule has 2 fully saturated rings. The molecule has 1 aromatic rings. The molecule has 1 heterocycles. The van der Waals surface area contributed by atoms with Crippen molar-refractivity contribution in [2.24, 2.45) is 5.41 Å². The maximum Gasteiger partial charge on any atom is 0.337 e. The number of rotatable bonds is 2. The van der Waals surface area contributed by atoms with E-state index in [2.05, 4.69) is 0 Å². The second-order valence-electron chi connectivity index (χ2n) is 5.97. The van der Waals surface area contributed by atoms with Gasteiger partial charge in [-0.15, -0.1) is 0 Å². The Kier molecular flexibility index (Phi) is 3.08. The standard InChI is InChI=1S/C16H17NO4/c1-10-5-4-6-11(14(19)20)13(10)17-12(18)9-16(15(17)21)7-2-3-8-16/h4-6H,2-3,7-9H2,1H3,(H,19,20). The number of carboxylic acid groups (broad SMARTS) is 1. The van der Waals surface area contributed by atoms with Crippen molar-refractivity contribution in [1.82, 2.24) is 0 Å². The number of hydrogen-bond acceptors (Lipinski definition) is 3. The van der Waals surface area contributed by atoms with Gasteiger partial charge in [-0.25, -0.2) is 9.69 Å². The number of nitrogens with zero attached hydrogens (tertiary/aromatic N) is 1. The quantitative estimate of drug-likeness (QED) is 0.848. The number of carboxylic acids is 1. The van der Waals surface area contributed by atoms with Crippen LogP contribution in [0.1, 0.15) is 48.0 Å². The van der Waals surface area contributed by atoms with Crippen LogP contribution in [0.5, 0.6) is 0 Å². The highest BCUT2D eigenvalue weighted by Crippen LogP contribution is 2.48. The van der Waals surface area contributed by atoms with Gasteiger partial charge in [0.1, 0.15) is 0 Å². The van der Waals surface area contributed by atoms with Crippen LogP contribution >= 0.6 is 0 Å². The lowest BCUT2D eigenvalue weighted by Crippen LogP contribution is -2.35. The molecule has 0 atom stereocenters. The van der Waals surface area contributed by atoms with E-state index in [1.54, 1.807) is 19.1 Å². The van der Waals surface area contributed by atoms with Gasteiger partial charge in [0.25, 0.3) is 0 Å². The molecule has 3 rings (SSSR count). The normalized spacial score (nSPS) is 20.5. The van der Waals surface area contributed by atoms with E-state index in [0.29, 0.717) is 5.56 Å². The molecule has 5 heteroatoms. The first kappa shape index (κ1) is 13.8. The first-order valence-electron chi connectivity index (χ1n) is 7.17. The van der Waals surface area contributed by atoms with Crippen molar-refractivity contribution in [2.75, 3.05) is 4.90 Å². The lowest BCUT2D eigenvalue weighted by Gasteiger charge is -2.23. The van der Waals surface area contributed by atoms with Gasteiger partial charge in [0.2, 0.25) is 11.8 Å². The van der Waals surface area contributed by atoms with E-state index in [1.165, 1.54) is 6.07 Å². The minimum absolute atomic E-state index is 0.00625. The number of aryl methyl sites for hydroxylation is 1. The topological polar surface area (TPSA) is 74.7 Å². The second kappa shape index (κ2) is 4.69. The summed E-state index contributed by atoms with van der Waals surface area (Å²) < 4.78 is 0. The van der Waals surface area contributed by atoms with Crippen molar-refractivity contribution in [3.05, 3.63) is 29.3 Å². The number of carbonyl (C=O) groups excluding carboxylic acids is 2. The lowest BCUT2D eigenvalue weighted by molar-refractivity contribution is -0.125. The zero-order chi connectivity index (χ0) is 15.2. The van der Waals surface area contributed by atoms with E-state index in [1.807, 2.05) is 0 Å². The molecule has 1 aliphatic carbocycles. The summed E-state index contributed by atoms with van der Waals surface area (Å²) >= 11 is 0. The summed E-state index contributed by atoms with van der Waals surface area (Å²) in [6, 6.07) is 4.78. The van der Waals surface area contributed by atoms with Gasteiger partial charge in [0.05, 0.1) is 16.7 Å². The fourth-order valence-corrected chi connectivity index (χ4v) is 3.59. The molecular formula is C16H17NO4. The van der Waals surface area contributed by atoms with E-state index < -0.39 is 11.4 Å².